The molecule has 0 unspecified atom stereocenters. The summed E-state index contributed by atoms with van der Waals surface area (Å²) in [5, 5.41) is 13.1. The Bertz CT molecular complexity index is 1020. The summed E-state index contributed by atoms with van der Waals surface area (Å²) in [6.45, 7) is 7.73. The number of benzene rings is 3. The van der Waals surface area contributed by atoms with E-state index in [0.717, 1.165) is 22.6 Å². The second-order valence-electron chi connectivity index (χ2n) is 7.18. The molecule has 5 nitrogen and oxygen atoms in total. The van der Waals surface area contributed by atoms with E-state index in [1.54, 1.807) is 18.3 Å². The zero-order chi connectivity index (χ0) is 23.0. The van der Waals surface area contributed by atoms with Crippen molar-refractivity contribution in [3.63, 3.8) is 0 Å². The second kappa shape index (κ2) is 18.8. The number of aliphatic imine (C=N–C) groups is 2. The fourth-order valence-corrected chi connectivity index (χ4v) is 3.13. The summed E-state index contributed by atoms with van der Waals surface area (Å²) in [6.07, 6.45) is 5.87. The first-order chi connectivity index (χ1) is 15.7. The number of phenols is 1. The van der Waals surface area contributed by atoms with Gasteiger partial charge in [-0.05, 0) is 62.7 Å². The minimum atomic E-state index is 0. The third-order valence-electron chi connectivity index (χ3n) is 4.85. The third kappa shape index (κ3) is 11.0. The number of halogens is 1. The van der Waals surface area contributed by atoms with E-state index in [0.29, 0.717) is 5.56 Å². The van der Waals surface area contributed by atoms with Crippen molar-refractivity contribution in [2.75, 3.05) is 13.1 Å². The Morgan fingerprint density at radius 3 is 1.97 bits per heavy atom. The number of rotatable bonds is 4. The molecule has 0 bridgehead atoms. The number of nitrogens with zero attached hydrogens (tertiary/aromatic N) is 2. The molecule has 0 atom stereocenters. The molecule has 1 saturated heterocycles. The van der Waals surface area contributed by atoms with E-state index >= 15 is 0 Å². The van der Waals surface area contributed by atoms with Crippen LogP contribution in [0.3, 0.4) is 0 Å². The molecule has 0 aliphatic carbocycles. The van der Waals surface area contributed by atoms with Gasteiger partial charge in [-0.2, -0.15) is 0 Å². The summed E-state index contributed by atoms with van der Waals surface area (Å²) in [4.78, 5) is 9.20. The van der Waals surface area contributed by atoms with E-state index in [2.05, 4.69) is 17.0 Å². The standard InChI is InChI=1S/C21H18N2O.C5H11N.CHO.ClH.Ru/c1-16(17-9-3-2-4-10-17)23-20-13-7-6-12-19(20)22-15-18-11-5-8-14-21(18)24;1-2-4-6-5-3-1;1-2;;/h2-15,24H,1H3;6H,1-5H2;1H;1H;/q;;+1;;+2. The first-order valence-corrected chi connectivity index (χ1v) is 10.7. The van der Waals surface area contributed by atoms with Gasteiger partial charge >= 0.3 is 30.8 Å². The van der Waals surface area contributed by atoms with Gasteiger partial charge < -0.3 is 10.4 Å². The van der Waals surface area contributed by atoms with Gasteiger partial charge in [0.25, 0.3) is 0 Å². The van der Waals surface area contributed by atoms with Gasteiger partial charge in [0.2, 0.25) is 0 Å². The SMILES string of the molecule is C#[O+].C1CCNCC1.CC(=Nc1ccccc1N=Cc1ccccc1O)c1ccccc1.Cl.[Ru+2]. The zero-order valence-electron chi connectivity index (χ0n) is 19.2. The molecule has 0 amide bonds. The van der Waals surface area contributed by atoms with Crippen LogP contribution >= 0.6 is 12.4 Å². The molecule has 1 heterocycles. The van der Waals surface area contributed by atoms with Crippen LogP contribution < -0.4 is 5.32 Å². The monoisotopic (exact) mass is 566 g/mol. The van der Waals surface area contributed by atoms with E-state index in [-0.39, 0.29) is 37.6 Å². The molecule has 1 fully saturated rings. The fraction of sp³-hybridized carbons (Fsp3) is 0.222. The first kappa shape index (κ1) is 31.4. The van der Waals surface area contributed by atoms with Crippen molar-refractivity contribution in [1.29, 1.82) is 0 Å². The van der Waals surface area contributed by atoms with Crippen LogP contribution in [0.25, 0.3) is 0 Å². The summed E-state index contributed by atoms with van der Waals surface area (Å²) >= 11 is 0. The second-order valence-corrected chi connectivity index (χ2v) is 7.18. The predicted octanol–water partition coefficient (Wildman–Crippen LogP) is 6.47. The van der Waals surface area contributed by atoms with Crippen LogP contribution in [0.1, 0.15) is 37.3 Å². The van der Waals surface area contributed by atoms with Crippen molar-refractivity contribution in [2.45, 2.75) is 26.2 Å². The fourth-order valence-electron chi connectivity index (χ4n) is 3.13. The molecule has 1 aliphatic heterocycles. The maximum Gasteiger partial charge on any atom is 2.00 e. The average Bonchev–Trinajstić information content (AvgIpc) is 2.87. The van der Waals surface area contributed by atoms with Crippen LogP contribution in [0.15, 0.2) is 88.8 Å². The molecule has 1 aliphatic rings. The molecule has 34 heavy (non-hydrogen) atoms. The van der Waals surface area contributed by atoms with E-state index in [4.69, 9.17) is 9.64 Å². The molecule has 0 radical (unpaired) electrons. The molecule has 178 valence electrons. The minimum Gasteiger partial charge on any atom is -0.507 e. The first-order valence-electron chi connectivity index (χ1n) is 10.7. The smallest absolute Gasteiger partial charge is 0.507 e. The van der Waals surface area contributed by atoms with Crippen molar-refractivity contribution in [3.8, 4) is 12.4 Å². The molecule has 0 spiro atoms. The Labute approximate surface area is 221 Å². The largest absolute Gasteiger partial charge is 2.00 e. The van der Waals surface area contributed by atoms with Crippen molar-refractivity contribution in [2.24, 2.45) is 9.98 Å². The third-order valence-corrected chi connectivity index (χ3v) is 4.85. The molecule has 4 rings (SSSR count). The molecule has 0 aromatic heterocycles. The van der Waals surface area contributed by atoms with Crippen LogP contribution in [-0.2, 0) is 24.1 Å². The number of hydrogen-bond donors (Lipinski definition) is 2. The van der Waals surface area contributed by atoms with Crippen LogP contribution in [0.4, 0.5) is 11.4 Å². The normalized spacial score (nSPS) is 12.6. The van der Waals surface area contributed by atoms with Gasteiger partial charge in [0.1, 0.15) is 5.75 Å². The Balaban J connectivity index is 0.000000939. The molecule has 3 aromatic carbocycles. The van der Waals surface area contributed by atoms with Gasteiger partial charge in [0.15, 0.2) is 0 Å². The van der Waals surface area contributed by atoms with Gasteiger partial charge in [-0.1, -0.05) is 61.0 Å². The molecular weight excluding hydrogens is 535 g/mol. The predicted molar refractivity (Wildman–Crippen MR) is 140 cm³/mol. The minimum absolute atomic E-state index is 0. The van der Waals surface area contributed by atoms with Crippen LogP contribution in [0, 0.1) is 6.65 Å². The Kier molecular flexibility index (Phi) is 17.4. The van der Waals surface area contributed by atoms with Crippen molar-refractivity contribution < 1.29 is 29.2 Å². The summed E-state index contributed by atoms with van der Waals surface area (Å²) in [5.41, 5.74) is 4.25. The van der Waals surface area contributed by atoms with Gasteiger partial charge in [-0.25, -0.2) is 0 Å². The summed E-state index contributed by atoms with van der Waals surface area (Å²) < 4.78 is 7.75. The zero-order valence-corrected chi connectivity index (χ0v) is 21.8. The molecule has 7 heteroatoms. The topological polar surface area (TPSA) is 76.9 Å². The van der Waals surface area contributed by atoms with E-state index in [1.807, 2.05) is 73.7 Å². The summed E-state index contributed by atoms with van der Waals surface area (Å²) in [5.74, 6) is 0.211. The number of phenolic OH excluding ortho intramolecular Hbond substituents is 1. The quantitative estimate of drug-likeness (QED) is 0.216. The maximum atomic E-state index is 9.83. The number of hydrogen-bond acceptors (Lipinski definition) is 4. The number of nitrogens with one attached hydrogen (secondary N) is 1. The average molecular weight is 566 g/mol. The summed E-state index contributed by atoms with van der Waals surface area (Å²) in [6, 6.07) is 24.9. The Hall–Kier alpha value is -2.59. The van der Waals surface area contributed by atoms with Crippen LogP contribution in [-0.4, -0.2) is 30.1 Å². The Morgan fingerprint density at radius 2 is 1.41 bits per heavy atom. The number of aromatic hydroxyl groups is 1. The molecule has 2 N–H and O–H groups in total. The molecular formula is C27H31ClN3O2Ru+3. The van der Waals surface area contributed by atoms with Crippen LogP contribution in [0.5, 0.6) is 5.75 Å². The molecule has 0 saturated carbocycles. The molecule has 3 aromatic rings. The van der Waals surface area contributed by atoms with Crippen LogP contribution in [0.2, 0.25) is 0 Å². The Morgan fingerprint density at radius 1 is 0.853 bits per heavy atom. The summed E-state index contributed by atoms with van der Waals surface area (Å²) in [7, 11) is 0. The van der Waals surface area contributed by atoms with Gasteiger partial charge in [-0.15, -0.1) is 12.4 Å². The number of para-hydroxylation sites is 3. The van der Waals surface area contributed by atoms with E-state index < -0.39 is 0 Å². The van der Waals surface area contributed by atoms with Gasteiger partial charge in [-0.3, -0.25) is 9.98 Å². The van der Waals surface area contributed by atoms with E-state index in [1.165, 1.54) is 32.4 Å². The van der Waals surface area contributed by atoms with Gasteiger partial charge in [0.05, 0.1) is 11.4 Å². The van der Waals surface area contributed by atoms with Gasteiger partial charge in [0, 0.05) is 17.5 Å². The number of piperidine rings is 1. The van der Waals surface area contributed by atoms with Crippen molar-refractivity contribution in [1.82, 2.24) is 5.32 Å². The maximum absolute atomic E-state index is 9.83. The van der Waals surface area contributed by atoms with E-state index in [9.17, 15) is 5.11 Å². The van der Waals surface area contributed by atoms with Crippen molar-refractivity contribution >= 4 is 35.7 Å². The van der Waals surface area contributed by atoms with Crippen molar-refractivity contribution in [3.05, 3.63) is 90.0 Å².